The fourth-order valence-electron chi connectivity index (χ4n) is 6.12. The van der Waals surface area contributed by atoms with Gasteiger partial charge in [0, 0.05) is 49.3 Å². The Balaban J connectivity index is 0.828. The minimum Gasteiger partial charge on any atom is -0.497 e. The summed E-state index contributed by atoms with van der Waals surface area (Å²) in [4.78, 5) is 39.8. The molecule has 0 aliphatic rings. The molecule has 2 aromatic carbocycles. The summed E-state index contributed by atoms with van der Waals surface area (Å²) < 4.78 is 22.6. The second-order valence-electron chi connectivity index (χ2n) is 13.2. The lowest BCUT2D eigenvalue weighted by atomic mass is 10.1. The number of methoxy groups -OCH3 is 1. The first-order valence-corrected chi connectivity index (χ1v) is 20.8. The van der Waals surface area contributed by atoms with Crippen molar-refractivity contribution in [3.05, 3.63) is 86.8 Å². The van der Waals surface area contributed by atoms with E-state index in [4.69, 9.17) is 29.9 Å². The molecule has 0 unspecified atom stereocenters. The summed E-state index contributed by atoms with van der Waals surface area (Å²) in [5, 5.41) is 21.3. The second-order valence-corrected chi connectivity index (χ2v) is 15.4. The molecule has 1 amide bonds. The van der Waals surface area contributed by atoms with E-state index in [1.165, 1.54) is 16.0 Å². The molecule has 0 saturated heterocycles. The summed E-state index contributed by atoms with van der Waals surface area (Å²) in [5.41, 5.74) is 10.6. The highest BCUT2D eigenvalue weighted by molar-refractivity contribution is 7.99. The van der Waals surface area contributed by atoms with Crippen LogP contribution >= 0.6 is 23.1 Å². The van der Waals surface area contributed by atoms with E-state index in [2.05, 4.69) is 49.8 Å². The maximum atomic E-state index is 13.4. The fourth-order valence-corrected chi connectivity index (χ4v) is 7.86. The predicted molar refractivity (Wildman–Crippen MR) is 228 cm³/mol. The zero-order chi connectivity index (χ0) is 41.1. The number of anilines is 1. The van der Waals surface area contributed by atoms with Gasteiger partial charge < -0.3 is 35.1 Å². The van der Waals surface area contributed by atoms with Crippen LogP contribution in [0.3, 0.4) is 0 Å². The lowest BCUT2D eigenvalue weighted by molar-refractivity contribution is -0.115. The molecule has 4 N–H and O–H groups in total. The van der Waals surface area contributed by atoms with Gasteiger partial charge in [-0.15, -0.1) is 16.4 Å². The Morgan fingerprint density at radius 3 is 2.63 bits per heavy atom. The molecule has 0 spiro atoms. The molecule has 5 aromatic heterocycles. The number of ether oxygens (including phenoxy) is 3. The summed E-state index contributed by atoms with van der Waals surface area (Å²) in [7, 11) is 3.45. The van der Waals surface area contributed by atoms with Gasteiger partial charge in [0.25, 0.3) is 11.5 Å². The van der Waals surface area contributed by atoms with Crippen LogP contribution in [-0.2, 0) is 41.0 Å². The standard InChI is InChI=1S/C40H44N12O5S2/c1-4-20-58-40-46-36(43-15-14-41)33-37(47-40)51(49-48-33)23-27-10-8-26(9-11-27)12-13-31(53)42-16-17-56-18-19-57-25-32-45-38-35(59-32)30-22-44-52(39(54)34(30)50(38)2)24-28-6-5-7-29(21-28)55-3/h5-11,21-22H,4,14-20,23-25,41H2,1-3H3,(H,42,53)(H,43,46,47). The molecule has 0 bridgehead atoms. The number of thioether (sulfide) groups is 1. The van der Waals surface area contributed by atoms with Crippen molar-refractivity contribution in [1.29, 1.82) is 0 Å². The van der Waals surface area contributed by atoms with Crippen molar-refractivity contribution in [1.82, 2.24) is 49.6 Å². The van der Waals surface area contributed by atoms with Crippen LogP contribution in [0.5, 0.6) is 5.75 Å². The molecule has 7 aromatic rings. The van der Waals surface area contributed by atoms with E-state index in [0.29, 0.717) is 98.0 Å². The number of hydrogen-bond acceptors (Lipinski definition) is 15. The Hall–Kier alpha value is -5.91. The smallest absolute Gasteiger partial charge is 0.296 e. The van der Waals surface area contributed by atoms with Crippen LogP contribution in [-0.4, -0.2) is 103 Å². The average molecular weight is 837 g/mol. The molecule has 0 atom stereocenters. The number of aryl methyl sites for hydroxylation is 1. The van der Waals surface area contributed by atoms with E-state index in [1.807, 2.05) is 60.1 Å². The lowest BCUT2D eigenvalue weighted by Crippen LogP contribution is -2.26. The van der Waals surface area contributed by atoms with E-state index >= 15 is 0 Å². The number of rotatable bonds is 19. The first-order valence-electron chi connectivity index (χ1n) is 19.0. The Morgan fingerprint density at radius 1 is 0.983 bits per heavy atom. The normalized spacial score (nSPS) is 11.3. The Kier molecular flexibility index (Phi) is 13.8. The van der Waals surface area contributed by atoms with Gasteiger partial charge in [-0.3, -0.25) is 9.59 Å². The van der Waals surface area contributed by atoms with Gasteiger partial charge in [0.1, 0.15) is 16.3 Å². The zero-order valence-electron chi connectivity index (χ0n) is 32.9. The van der Waals surface area contributed by atoms with Crippen LogP contribution in [0, 0.1) is 11.8 Å². The quantitative estimate of drug-likeness (QED) is 0.0462. The number of hydrogen-bond donors (Lipinski definition) is 3. The van der Waals surface area contributed by atoms with Crippen molar-refractivity contribution in [2.45, 2.75) is 38.2 Å². The third kappa shape index (κ3) is 10.0. The molecule has 306 valence electrons. The van der Waals surface area contributed by atoms with Gasteiger partial charge in [-0.1, -0.05) is 54.1 Å². The van der Waals surface area contributed by atoms with E-state index in [0.717, 1.165) is 44.1 Å². The SMILES string of the molecule is CCCSc1nc(NCCN)c2nnn(Cc3ccc(C#CC(=O)NCCOCCOCc4nc5c(s4)c4cnn(Cc6cccc(OC)c6)c(=O)c4n5C)cc3)c2n1. The van der Waals surface area contributed by atoms with E-state index < -0.39 is 5.91 Å². The molecule has 0 aliphatic carbocycles. The highest BCUT2D eigenvalue weighted by Gasteiger charge is 2.19. The van der Waals surface area contributed by atoms with Crippen molar-refractivity contribution < 1.29 is 19.0 Å². The van der Waals surface area contributed by atoms with Crippen molar-refractivity contribution in [3.8, 4) is 17.6 Å². The monoisotopic (exact) mass is 836 g/mol. The van der Waals surface area contributed by atoms with Gasteiger partial charge in [0.05, 0.1) is 57.5 Å². The van der Waals surface area contributed by atoms with Gasteiger partial charge in [0.15, 0.2) is 27.8 Å². The van der Waals surface area contributed by atoms with E-state index in [-0.39, 0.29) is 5.56 Å². The molecule has 0 saturated carbocycles. The number of nitrogens with one attached hydrogen (secondary N) is 2. The number of carbonyl (C=O) groups is 1. The molecule has 0 fully saturated rings. The summed E-state index contributed by atoms with van der Waals surface area (Å²) in [6, 6.07) is 15.2. The molecule has 19 heteroatoms. The number of carbonyl (C=O) groups excluding carboxylic acids is 1. The third-order valence-electron chi connectivity index (χ3n) is 8.99. The maximum Gasteiger partial charge on any atom is 0.296 e. The first-order chi connectivity index (χ1) is 28.8. The summed E-state index contributed by atoms with van der Waals surface area (Å²) in [5.74, 6) is 7.39. The van der Waals surface area contributed by atoms with Crippen LogP contribution in [0.4, 0.5) is 5.82 Å². The van der Waals surface area contributed by atoms with Crippen LogP contribution in [0.2, 0.25) is 0 Å². The molecule has 59 heavy (non-hydrogen) atoms. The minimum atomic E-state index is -0.396. The number of thiazole rings is 1. The Labute approximate surface area is 347 Å². The van der Waals surface area contributed by atoms with Crippen molar-refractivity contribution >= 4 is 67.2 Å². The fraction of sp³-hybridized carbons (Fsp3) is 0.350. The van der Waals surface area contributed by atoms with Crippen molar-refractivity contribution in [2.24, 2.45) is 12.8 Å². The first kappa shape index (κ1) is 41.3. The number of fused-ring (bicyclic) bond motifs is 4. The van der Waals surface area contributed by atoms with Crippen molar-refractivity contribution in [2.75, 3.05) is 57.6 Å². The topological polar surface area (TPSA) is 204 Å². The summed E-state index contributed by atoms with van der Waals surface area (Å²) in [6.07, 6.45) is 2.73. The molecule has 7 rings (SSSR count). The second kappa shape index (κ2) is 19.7. The van der Waals surface area contributed by atoms with Crippen LogP contribution in [0.25, 0.3) is 32.4 Å². The highest BCUT2D eigenvalue weighted by atomic mass is 32.2. The van der Waals surface area contributed by atoms with Gasteiger partial charge in [-0.2, -0.15) is 5.10 Å². The molecule has 5 heterocycles. The van der Waals surface area contributed by atoms with Crippen LogP contribution in [0.15, 0.2) is 64.7 Å². The van der Waals surface area contributed by atoms with Gasteiger partial charge in [-0.25, -0.2) is 24.3 Å². The van der Waals surface area contributed by atoms with Crippen LogP contribution < -0.4 is 26.7 Å². The third-order valence-corrected chi connectivity index (χ3v) is 11.1. The van der Waals surface area contributed by atoms with E-state index in [9.17, 15) is 9.59 Å². The molecular formula is C40H44N12O5S2. The highest BCUT2D eigenvalue weighted by Crippen LogP contribution is 2.31. The maximum absolute atomic E-state index is 13.4. The van der Waals surface area contributed by atoms with E-state index in [1.54, 1.807) is 29.8 Å². The predicted octanol–water partition coefficient (Wildman–Crippen LogP) is 3.56. The largest absolute Gasteiger partial charge is 0.497 e. The zero-order valence-corrected chi connectivity index (χ0v) is 34.6. The number of nitrogens with two attached hydrogens (primary N) is 1. The number of amides is 1. The Bertz CT molecular complexity index is 2680. The summed E-state index contributed by atoms with van der Waals surface area (Å²) >= 11 is 3.06. The number of aromatic nitrogens is 9. The molecule has 0 aliphatic heterocycles. The number of nitrogens with zero attached hydrogens (tertiary/aromatic N) is 9. The van der Waals surface area contributed by atoms with Crippen molar-refractivity contribution in [3.63, 3.8) is 0 Å². The van der Waals surface area contributed by atoms with Gasteiger partial charge in [0.2, 0.25) is 0 Å². The minimum absolute atomic E-state index is 0.185. The van der Waals surface area contributed by atoms with Gasteiger partial charge in [-0.05, 0) is 41.8 Å². The van der Waals surface area contributed by atoms with Crippen LogP contribution in [0.1, 0.15) is 35.0 Å². The molecular weight excluding hydrogens is 793 g/mol. The average Bonchev–Trinajstić information content (AvgIpc) is 3.94. The number of benzene rings is 2. The lowest BCUT2D eigenvalue weighted by Gasteiger charge is -2.08. The summed E-state index contributed by atoms with van der Waals surface area (Å²) in [6.45, 7) is 5.55. The molecule has 0 radical (unpaired) electrons. The Morgan fingerprint density at radius 2 is 1.81 bits per heavy atom. The van der Waals surface area contributed by atoms with Gasteiger partial charge >= 0.3 is 0 Å². The molecule has 17 nitrogen and oxygen atoms in total.